The molecule has 34 heavy (non-hydrogen) atoms. The normalized spacial score (nSPS) is 15.8. The molecule has 1 aliphatic rings. The van der Waals surface area contributed by atoms with Gasteiger partial charge in [0.05, 0.1) is 5.56 Å². The molecule has 1 atom stereocenters. The molecule has 1 aliphatic heterocycles. The number of hydrogen-bond acceptors (Lipinski definition) is 4. The first kappa shape index (κ1) is 23.5. The number of primary amides is 1. The van der Waals surface area contributed by atoms with Gasteiger partial charge in [0.2, 0.25) is 5.66 Å². The molecule has 0 fully saturated rings. The molecule has 2 amide bonds. The Morgan fingerprint density at radius 3 is 2.53 bits per heavy atom. The minimum Gasteiger partial charge on any atom is -0.478 e. The molecule has 0 saturated heterocycles. The zero-order valence-corrected chi connectivity index (χ0v) is 20.4. The monoisotopic (exact) mass is 522 g/mol. The van der Waals surface area contributed by atoms with E-state index in [1.54, 1.807) is 31.1 Å². The van der Waals surface area contributed by atoms with Crippen molar-refractivity contribution in [2.24, 2.45) is 5.73 Å². The van der Waals surface area contributed by atoms with Crippen molar-refractivity contribution in [3.63, 3.8) is 0 Å². The second-order valence-electron chi connectivity index (χ2n) is 8.32. The lowest BCUT2D eigenvalue weighted by Crippen LogP contribution is -2.57. The van der Waals surface area contributed by atoms with Crippen LogP contribution in [0.1, 0.15) is 32.6 Å². The van der Waals surface area contributed by atoms with Crippen LogP contribution in [-0.4, -0.2) is 46.5 Å². The number of rotatable bonds is 6. The first-order chi connectivity index (χ1) is 16.0. The number of aromatic nitrogens is 1. The van der Waals surface area contributed by atoms with E-state index in [2.05, 4.69) is 21.2 Å². The van der Waals surface area contributed by atoms with Crippen LogP contribution in [0.15, 0.2) is 59.3 Å². The number of amides is 2. The number of nitrogens with zero attached hydrogens (tertiary/aromatic N) is 2. The minimum absolute atomic E-state index is 0.0354. The third-order valence-electron chi connectivity index (χ3n) is 6.02. The Morgan fingerprint density at radius 1 is 1.18 bits per heavy atom. The molecule has 2 aromatic carbocycles. The zero-order valence-electron chi connectivity index (χ0n) is 18.8. The van der Waals surface area contributed by atoms with Gasteiger partial charge in [0.1, 0.15) is 0 Å². The number of carboxylic acids is 1. The number of anilines is 1. The predicted octanol–water partition coefficient (Wildman–Crippen LogP) is 3.50. The Bertz CT molecular complexity index is 1370. The highest BCUT2D eigenvalue weighted by Gasteiger charge is 2.44. The van der Waals surface area contributed by atoms with Gasteiger partial charge in [-0.3, -0.25) is 14.5 Å². The van der Waals surface area contributed by atoms with Gasteiger partial charge in [-0.2, -0.15) is 0 Å². The first-order valence-corrected chi connectivity index (χ1v) is 11.2. The molecule has 174 valence electrons. The SMILES string of the molecule is Cc1ccc(C=C2C(=O)Nc3ccc(Br)cc32)cc1C(C(N)=O)(N(C)C)n1ccc(C(=O)O)c1. The van der Waals surface area contributed by atoms with Crippen molar-refractivity contribution in [2.45, 2.75) is 12.6 Å². The number of benzene rings is 2. The van der Waals surface area contributed by atoms with E-state index in [4.69, 9.17) is 5.73 Å². The minimum atomic E-state index is -1.49. The molecule has 4 N–H and O–H groups in total. The van der Waals surface area contributed by atoms with Crippen LogP contribution in [-0.2, 0) is 15.3 Å². The van der Waals surface area contributed by atoms with Crippen molar-refractivity contribution in [3.8, 4) is 0 Å². The summed E-state index contributed by atoms with van der Waals surface area (Å²) in [5.74, 6) is -2.01. The summed E-state index contributed by atoms with van der Waals surface area (Å²) in [4.78, 5) is 38.8. The second kappa shape index (κ2) is 8.58. The number of aryl methyl sites for hydroxylation is 1. The topological polar surface area (TPSA) is 118 Å². The number of carboxylic acid groups (broad SMARTS) is 1. The summed E-state index contributed by atoms with van der Waals surface area (Å²) >= 11 is 3.45. The van der Waals surface area contributed by atoms with Crippen molar-refractivity contribution in [2.75, 3.05) is 19.4 Å². The maximum atomic E-state index is 13.0. The van der Waals surface area contributed by atoms with E-state index >= 15 is 0 Å². The van der Waals surface area contributed by atoms with E-state index in [-0.39, 0.29) is 11.5 Å². The largest absolute Gasteiger partial charge is 0.478 e. The molecular formula is C25H23BrN4O4. The maximum Gasteiger partial charge on any atom is 0.337 e. The summed E-state index contributed by atoms with van der Waals surface area (Å²) < 4.78 is 2.35. The lowest BCUT2D eigenvalue weighted by molar-refractivity contribution is -0.131. The second-order valence-corrected chi connectivity index (χ2v) is 9.24. The fourth-order valence-corrected chi connectivity index (χ4v) is 4.75. The van der Waals surface area contributed by atoms with E-state index in [9.17, 15) is 19.5 Å². The Labute approximate surface area is 204 Å². The fraction of sp³-hybridized carbons (Fsp3) is 0.160. The first-order valence-electron chi connectivity index (χ1n) is 10.4. The number of aromatic carboxylic acids is 1. The highest BCUT2D eigenvalue weighted by Crippen LogP contribution is 2.37. The molecule has 0 saturated carbocycles. The van der Waals surface area contributed by atoms with E-state index in [1.807, 2.05) is 37.3 Å². The Balaban J connectivity index is 1.92. The third-order valence-corrected chi connectivity index (χ3v) is 6.51. The lowest BCUT2D eigenvalue weighted by atomic mass is 9.90. The van der Waals surface area contributed by atoms with Crippen molar-refractivity contribution >= 4 is 51.1 Å². The van der Waals surface area contributed by atoms with Crippen LogP contribution in [0.3, 0.4) is 0 Å². The maximum absolute atomic E-state index is 13.0. The quantitative estimate of drug-likeness (QED) is 0.428. The molecule has 9 heteroatoms. The number of halogens is 1. The molecule has 4 rings (SSSR count). The Kier molecular flexibility index (Phi) is 5.93. The van der Waals surface area contributed by atoms with Crippen molar-refractivity contribution < 1.29 is 19.5 Å². The van der Waals surface area contributed by atoms with Gasteiger partial charge in [0.15, 0.2) is 0 Å². The fourth-order valence-electron chi connectivity index (χ4n) is 4.39. The molecule has 0 aliphatic carbocycles. The van der Waals surface area contributed by atoms with E-state index in [0.717, 1.165) is 21.3 Å². The van der Waals surface area contributed by atoms with Crippen LogP contribution >= 0.6 is 15.9 Å². The number of nitrogens with two attached hydrogens (primary N) is 1. The summed E-state index contributed by atoms with van der Waals surface area (Å²) in [5.41, 5.74) is 8.54. The average Bonchev–Trinajstić information content (AvgIpc) is 3.36. The highest BCUT2D eigenvalue weighted by molar-refractivity contribution is 9.10. The molecule has 2 heterocycles. The smallest absolute Gasteiger partial charge is 0.337 e. The van der Waals surface area contributed by atoms with Crippen LogP contribution in [0.2, 0.25) is 0 Å². The molecule has 0 bridgehead atoms. The van der Waals surface area contributed by atoms with Gasteiger partial charge in [-0.25, -0.2) is 4.79 Å². The molecule has 1 unspecified atom stereocenters. The molecular weight excluding hydrogens is 500 g/mol. The molecule has 0 spiro atoms. The molecule has 0 radical (unpaired) electrons. The van der Waals surface area contributed by atoms with Crippen LogP contribution in [0, 0.1) is 6.92 Å². The van der Waals surface area contributed by atoms with Crippen molar-refractivity contribution in [3.05, 3.63) is 87.1 Å². The molecule has 3 aromatic rings. The van der Waals surface area contributed by atoms with Crippen LogP contribution in [0.4, 0.5) is 5.69 Å². The van der Waals surface area contributed by atoms with Crippen LogP contribution < -0.4 is 11.1 Å². The van der Waals surface area contributed by atoms with Gasteiger partial charge in [-0.15, -0.1) is 0 Å². The standard InChI is InChI=1S/C25H23BrN4O4/c1-14-4-5-15(10-19-18-12-17(26)6-7-21(18)28-22(19)31)11-20(14)25(24(27)34,29(2)3)30-9-8-16(13-30)23(32)33/h4-13H,1-3H3,(H2,27,34)(H,28,31)(H,32,33). The number of carbonyl (C=O) groups excluding carboxylic acids is 2. The lowest BCUT2D eigenvalue weighted by Gasteiger charge is -2.40. The van der Waals surface area contributed by atoms with Crippen LogP contribution in [0.5, 0.6) is 0 Å². The highest BCUT2D eigenvalue weighted by atomic mass is 79.9. The summed E-state index contributed by atoms with van der Waals surface area (Å²) in [5, 5.41) is 12.3. The van der Waals surface area contributed by atoms with Crippen LogP contribution in [0.25, 0.3) is 11.6 Å². The third kappa shape index (κ3) is 3.72. The predicted molar refractivity (Wildman–Crippen MR) is 133 cm³/mol. The van der Waals surface area contributed by atoms with Gasteiger partial charge in [-0.1, -0.05) is 28.1 Å². The Hall–Kier alpha value is -3.69. The average molecular weight is 523 g/mol. The van der Waals surface area contributed by atoms with E-state index in [1.165, 1.54) is 23.0 Å². The summed E-state index contributed by atoms with van der Waals surface area (Å²) in [6, 6.07) is 12.5. The number of hydrogen-bond donors (Lipinski definition) is 3. The number of likely N-dealkylation sites (N-methyl/N-ethyl adjacent to an activating group) is 1. The summed E-state index contributed by atoms with van der Waals surface area (Å²) in [7, 11) is 3.40. The molecule has 8 nitrogen and oxygen atoms in total. The van der Waals surface area contributed by atoms with Crippen molar-refractivity contribution in [1.29, 1.82) is 0 Å². The van der Waals surface area contributed by atoms with E-state index in [0.29, 0.717) is 16.7 Å². The van der Waals surface area contributed by atoms with E-state index < -0.39 is 17.5 Å². The zero-order chi connectivity index (χ0) is 24.8. The van der Waals surface area contributed by atoms with Gasteiger partial charge in [0, 0.05) is 39.3 Å². The van der Waals surface area contributed by atoms with Gasteiger partial charge >= 0.3 is 5.97 Å². The number of carbonyl (C=O) groups is 3. The number of nitrogens with one attached hydrogen (secondary N) is 1. The van der Waals surface area contributed by atoms with Gasteiger partial charge in [0.25, 0.3) is 11.8 Å². The van der Waals surface area contributed by atoms with Crippen molar-refractivity contribution in [1.82, 2.24) is 9.47 Å². The van der Waals surface area contributed by atoms with Gasteiger partial charge in [-0.05, 0) is 68.6 Å². The summed E-state index contributed by atoms with van der Waals surface area (Å²) in [6.07, 6.45) is 4.67. The Morgan fingerprint density at radius 2 is 1.91 bits per heavy atom. The number of fused-ring (bicyclic) bond motifs is 1. The molecule has 1 aromatic heterocycles. The summed E-state index contributed by atoms with van der Waals surface area (Å²) in [6.45, 7) is 1.85. The van der Waals surface area contributed by atoms with Gasteiger partial charge < -0.3 is 20.7 Å².